The van der Waals surface area contributed by atoms with Gasteiger partial charge in [0.2, 0.25) is 0 Å². The van der Waals surface area contributed by atoms with E-state index in [1.807, 2.05) is 72.8 Å². The molecule has 0 spiro atoms. The van der Waals surface area contributed by atoms with Crippen molar-refractivity contribution in [3.8, 4) is 11.5 Å². The fourth-order valence-electron chi connectivity index (χ4n) is 5.34. The second-order valence-electron chi connectivity index (χ2n) is 12.3. The molecule has 0 saturated heterocycles. The van der Waals surface area contributed by atoms with E-state index in [1.54, 1.807) is 28.1 Å². The Balaban J connectivity index is 1.02. The van der Waals surface area contributed by atoms with Gasteiger partial charge in [-0.05, 0) is 96.5 Å². The average molecular weight is 702 g/mol. The largest absolute Gasteiger partial charge is 0.497 e. The smallest absolute Gasteiger partial charge is 0.323 e. The third-order valence-corrected chi connectivity index (χ3v) is 8.61. The Kier molecular flexibility index (Phi) is 14.6. The van der Waals surface area contributed by atoms with Crippen molar-refractivity contribution in [2.24, 2.45) is 5.73 Å². The normalized spacial score (nSPS) is 12.8. The highest BCUT2D eigenvalue weighted by atomic mass is 16.5. The summed E-state index contributed by atoms with van der Waals surface area (Å²) in [5.74, 6) is -1.34. The Morgan fingerprint density at radius 3 is 1.33 bits per heavy atom. The van der Waals surface area contributed by atoms with Crippen molar-refractivity contribution in [2.45, 2.75) is 63.8 Å². The minimum atomic E-state index is -1.15. The maximum Gasteiger partial charge on any atom is 0.323 e. The van der Waals surface area contributed by atoms with Gasteiger partial charge in [0.15, 0.2) is 0 Å². The number of carbonyl (C=O) groups excluding carboxylic acids is 4. The summed E-state index contributed by atoms with van der Waals surface area (Å²) in [6, 6.07) is 22.0. The molecule has 11 heteroatoms. The van der Waals surface area contributed by atoms with Crippen molar-refractivity contribution in [1.82, 2.24) is 0 Å². The fraction of sp³-hybridized carbons (Fsp3) is 0.400. The van der Waals surface area contributed by atoms with Gasteiger partial charge in [-0.3, -0.25) is 19.2 Å². The molecule has 0 fully saturated rings. The molecular formula is C40H47NO10. The van der Waals surface area contributed by atoms with Gasteiger partial charge in [-0.1, -0.05) is 48.5 Å². The summed E-state index contributed by atoms with van der Waals surface area (Å²) in [5.41, 5.74) is 7.53. The molecule has 0 heterocycles. The summed E-state index contributed by atoms with van der Waals surface area (Å²) < 4.78 is 31.7. The van der Waals surface area contributed by atoms with Crippen LogP contribution in [-0.4, -0.2) is 70.6 Å². The second-order valence-corrected chi connectivity index (χ2v) is 12.3. The van der Waals surface area contributed by atoms with Crippen molar-refractivity contribution in [1.29, 1.82) is 0 Å². The molecule has 0 saturated carbocycles. The van der Waals surface area contributed by atoms with E-state index in [4.69, 9.17) is 34.2 Å². The highest BCUT2D eigenvalue weighted by molar-refractivity contribution is 5.88. The van der Waals surface area contributed by atoms with Crippen LogP contribution in [0.25, 0.3) is 21.5 Å². The van der Waals surface area contributed by atoms with Gasteiger partial charge in [-0.15, -0.1) is 0 Å². The lowest BCUT2D eigenvalue weighted by Gasteiger charge is -2.14. The highest BCUT2D eigenvalue weighted by Gasteiger charge is 2.21. The lowest BCUT2D eigenvalue weighted by Crippen LogP contribution is -2.35. The predicted octanol–water partition coefficient (Wildman–Crippen LogP) is 6.37. The number of hydrogen-bond acceptors (Lipinski definition) is 11. The molecule has 2 unspecified atom stereocenters. The zero-order valence-corrected chi connectivity index (χ0v) is 29.7. The van der Waals surface area contributed by atoms with E-state index in [9.17, 15) is 19.2 Å². The summed E-state index contributed by atoms with van der Waals surface area (Å²) in [7, 11) is 3.24. The molecule has 0 amide bonds. The number of methoxy groups -OCH3 is 2. The first-order valence-corrected chi connectivity index (χ1v) is 17.2. The molecule has 4 aromatic rings. The van der Waals surface area contributed by atoms with Crippen LogP contribution in [0.1, 0.15) is 68.9 Å². The molecule has 272 valence electrons. The predicted molar refractivity (Wildman–Crippen MR) is 193 cm³/mol. The van der Waals surface area contributed by atoms with Crippen LogP contribution in [-0.2, 0) is 38.1 Å². The first kappa shape index (κ1) is 38.6. The molecule has 3 atom stereocenters. The van der Waals surface area contributed by atoms with Gasteiger partial charge in [0.05, 0.1) is 58.9 Å². The minimum Gasteiger partial charge on any atom is -0.497 e. The van der Waals surface area contributed by atoms with Gasteiger partial charge >= 0.3 is 23.9 Å². The SMILES string of the molecule is COc1ccc2cc(C(C)C(=O)OCCCCOC(=O)C[C@H](N)C(=O)OCCCCOC(=O)C(C)c3ccc4cc(OC)ccc4c3)ccc2c1. The number of nitrogens with two attached hydrogens (primary N) is 1. The molecule has 2 N–H and O–H groups in total. The number of rotatable bonds is 19. The summed E-state index contributed by atoms with van der Waals surface area (Å²) >= 11 is 0. The molecule has 0 aliphatic heterocycles. The topological polar surface area (TPSA) is 150 Å². The molecule has 4 rings (SSSR count). The molecule has 51 heavy (non-hydrogen) atoms. The van der Waals surface area contributed by atoms with Gasteiger partial charge < -0.3 is 34.2 Å². The quantitative estimate of drug-likeness (QED) is 0.0660. The van der Waals surface area contributed by atoms with Crippen molar-refractivity contribution >= 4 is 45.4 Å². The summed E-state index contributed by atoms with van der Waals surface area (Å²) in [4.78, 5) is 49.5. The Labute approximate surface area is 298 Å². The van der Waals surface area contributed by atoms with Gasteiger partial charge in [0, 0.05) is 0 Å². The molecule has 11 nitrogen and oxygen atoms in total. The molecule has 0 radical (unpaired) electrons. The van der Waals surface area contributed by atoms with Crippen LogP contribution in [0.5, 0.6) is 11.5 Å². The Hall–Kier alpha value is -5.16. The Morgan fingerprint density at radius 2 is 0.902 bits per heavy atom. The Bertz CT molecular complexity index is 1810. The number of ether oxygens (including phenoxy) is 6. The van der Waals surface area contributed by atoms with Crippen LogP contribution in [0, 0.1) is 0 Å². The van der Waals surface area contributed by atoms with E-state index in [0.29, 0.717) is 25.7 Å². The molecule has 0 aliphatic rings. The van der Waals surface area contributed by atoms with Crippen LogP contribution in [0.15, 0.2) is 72.8 Å². The van der Waals surface area contributed by atoms with Gasteiger partial charge in [0.25, 0.3) is 0 Å². The standard InChI is InChI=1S/C40H47NO10/c1-26(28-9-11-32-23-34(46-3)15-13-30(32)21-28)38(43)49-18-6-5-17-48-37(42)25-36(41)40(45)51-20-8-7-19-50-39(44)27(2)29-10-12-33-24-35(47-4)16-14-31(33)22-29/h9-16,21-24,26-27,36H,5-8,17-20,25,41H2,1-4H3/t26?,27?,36-/m0/s1. The number of esters is 4. The molecule has 4 aromatic carbocycles. The van der Waals surface area contributed by atoms with E-state index < -0.39 is 29.8 Å². The fourth-order valence-corrected chi connectivity index (χ4v) is 5.34. The second kappa shape index (κ2) is 19.3. The Morgan fingerprint density at radius 1 is 0.529 bits per heavy atom. The van der Waals surface area contributed by atoms with E-state index in [0.717, 1.165) is 44.2 Å². The van der Waals surface area contributed by atoms with Crippen LogP contribution >= 0.6 is 0 Å². The maximum atomic E-state index is 12.6. The van der Waals surface area contributed by atoms with Crippen LogP contribution in [0.3, 0.4) is 0 Å². The zero-order chi connectivity index (χ0) is 36.8. The van der Waals surface area contributed by atoms with Crippen molar-refractivity contribution in [3.05, 3.63) is 83.9 Å². The van der Waals surface area contributed by atoms with Gasteiger partial charge in [0.1, 0.15) is 17.5 Å². The van der Waals surface area contributed by atoms with E-state index >= 15 is 0 Å². The van der Waals surface area contributed by atoms with E-state index in [1.165, 1.54) is 0 Å². The summed E-state index contributed by atoms with van der Waals surface area (Å²) in [5, 5.41) is 4.04. The van der Waals surface area contributed by atoms with Crippen LogP contribution < -0.4 is 15.2 Å². The van der Waals surface area contributed by atoms with E-state index in [2.05, 4.69) is 0 Å². The third-order valence-electron chi connectivity index (χ3n) is 8.61. The first-order valence-electron chi connectivity index (χ1n) is 17.2. The average Bonchev–Trinajstić information content (AvgIpc) is 3.15. The number of carbonyl (C=O) groups is 4. The van der Waals surface area contributed by atoms with E-state index in [-0.39, 0.29) is 44.8 Å². The van der Waals surface area contributed by atoms with Gasteiger partial charge in [-0.2, -0.15) is 0 Å². The van der Waals surface area contributed by atoms with Crippen molar-refractivity contribution in [3.63, 3.8) is 0 Å². The highest BCUT2D eigenvalue weighted by Crippen LogP contribution is 2.27. The molecular weight excluding hydrogens is 654 g/mol. The minimum absolute atomic E-state index is 0.0796. The molecule has 0 aliphatic carbocycles. The van der Waals surface area contributed by atoms with Crippen LogP contribution in [0.4, 0.5) is 0 Å². The number of unbranched alkanes of at least 4 members (excludes halogenated alkanes) is 2. The summed E-state index contributed by atoms with van der Waals surface area (Å²) in [6.45, 7) is 4.16. The van der Waals surface area contributed by atoms with Crippen LogP contribution in [0.2, 0.25) is 0 Å². The number of fused-ring (bicyclic) bond motifs is 2. The first-order chi connectivity index (χ1) is 24.6. The lowest BCUT2D eigenvalue weighted by atomic mass is 9.98. The lowest BCUT2D eigenvalue weighted by molar-refractivity contribution is -0.152. The van der Waals surface area contributed by atoms with Crippen molar-refractivity contribution < 1.29 is 47.6 Å². The van der Waals surface area contributed by atoms with Gasteiger partial charge in [-0.25, -0.2) is 0 Å². The maximum absolute atomic E-state index is 12.6. The summed E-state index contributed by atoms with van der Waals surface area (Å²) in [6.07, 6.45) is 1.62. The number of benzene rings is 4. The molecule has 0 bridgehead atoms. The third kappa shape index (κ3) is 11.4. The monoisotopic (exact) mass is 701 g/mol. The zero-order valence-electron chi connectivity index (χ0n) is 29.7. The number of hydrogen-bond donors (Lipinski definition) is 1. The molecule has 0 aromatic heterocycles. The van der Waals surface area contributed by atoms with Crippen molar-refractivity contribution in [2.75, 3.05) is 40.6 Å².